The zero-order valence-electron chi connectivity index (χ0n) is 16.6. The lowest BCUT2D eigenvalue weighted by Crippen LogP contribution is -2.40. The maximum absolute atomic E-state index is 12.9. The number of nitrogens with zero attached hydrogens (tertiary/aromatic N) is 1. The second-order valence-electron chi connectivity index (χ2n) is 6.52. The van der Waals surface area contributed by atoms with Gasteiger partial charge >= 0.3 is 0 Å². The number of anilines is 1. The van der Waals surface area contributed by atoms with Crippen molar-refractivity contribution >= 4 is 21.6 Å². The highest BCUT2D eigenvalue weighted by molar-refractivity contribution is 7.89. The van der Waals surface area contributed by atoms with Gasteiger partial charge in [0.25, 0.3) is 5.91 Å². The second-order valence-corrected chi connectivity index (χ2v) is 8.46. The van der Waals surface area contributed by atoms with Crippen molar-refractivity contribution in [3.8, 4) is 11.5 Å². The van der Waals surface area contributed by atoms with Crippen molar-refractivity contribution in [2.75, 3.05) is 45.8 Å². The number of rotatable bonds is 6. The third-order valence-corrected chi connectivity index (χ3v) is 6.60. The van der Waals surface area contributed by atoms with Gasteiger partial charge in [-0.1, -0.05) is 6.07 Å². The quantitative estimate of drug-likeness (QED) is 0.771. The van der Waals surface area contributed by atoms with E-state index in [1.807, 2.05) is 0 Å². The molecule has 0 saturated carbocycles. The first-order chi connectivity index (χ1) is 13.9. The molecule has 2 aromatic carbocycles. The van der Waals surface area contributed by atoms with E-state index in [9.17, 15) is 13.2 Å². The topological polar surface area (TPSA) is 94.2 Å². The summed E-state index contributed by atoms with van der Waals surface area (Å²) in [5, 5.41) is 2.78. The SMILES string of the molecule is COc1ccc(NC(=O)c2cc(S(=O)(=O)N3CCOCC3)ccc2C)cc1OC. The van der Waals surface area contributed by atoms with Crippen LogP contribution in [0.15, 0.2) is 41.3 Å². The maximum atomic E-state index is 12.9. The van der Waals surface area contributed by atoms with Gasteiger partial charge in [0.1, 0.15) is 0 Å². The number of hydrogen-bond donors (Lipinski definition) is 1. The van der Waals surface area contributed by atoms with E-state index in [0.717, 1.165) is 0 Å². The molecule has 0 unspecified atom stereocenters. The lowest BCUT2D eigenvalue weighted by Gasteiger charge is -2.26. The number of carbonyl (C=O) groups excluding carboxylic acids is 1. The Bertz CT molecular complexity index is 1000. The fourth-order valence-electron chi connectivity index (χ4n) is 3.05. The molecular weight excluding hydrogens is 396 g/mol. The Morgan fingerprint density at radius 3 is 2.38 bits per heavy atom. The van der Waals surface area contributed by atoms with Gasteiger partial charge in [0.15, 0.2) is 11.5 Å². The van der Waals surface area contributed by atoms with E-state index in [-0.39, 0.29) is 10.5 Å². The van der Waals surface area contributed by atoms with Crippen molar-refractivity contribution in [3.63, 3.8) is 0 Å². The van der Waals surface area contributed by atoms with Crippen LogP contribution in [-0.2, 0) is 14.8 Å². The normalized spacial score (nSPS) is 15.0. The molecule has 0 aliphatic carbocycles. The number of morpholine rings is 1. The number of amides is 1. The maximum Gasteiger partial charge on any atom is 0.255 e. The van der Waals surface area contributed by atoms with Crippen LogP contribution in [-0.4, -0.2) is 59.2 Å². The van der Waals surface area contributed by atoms with Gasteiger partial charge in [0.2, 0.25) is 10.0 Å². The predicted molar refractivity (Wildman–Crippen MR) is 108 cm³/mol. The van der Waals surface area contributed by atoms with Crippen LogP contribution in [0, 0.1) is 6.92 Å². The zero-order chi connectivity index (χ0) is 21.0. The van der Waals surface area contributed by atoms with Crippen LogP contribution in [0.25, 0.3) is 0 Å². The number of hydrogen-bond acceptors (Lipinski definition) is 6. The van der Waals surface area contributed by atoms with Crippen molar-refractivity contribution in [1.29, 1.82) is 0 Å². The minimum atomic E-state index is -3.69. The van der Waals surface area contributed by atoms with Crippen LogP contribution >= 0.6 is 0 Å². The minimum absolute atomic E-state index is 0.0856. The third-order valence-electron chi connectivity index (χ3n) is 4.70. The van der Waals surface area contributed by atoms with Gasteiger partial charge in [-0.3, -0.25) is 4.79 Å². The molecule has 0 aromatic heterocycles. The van der Waals surface area contributed by atoms with Crippen molar-refractivity contribution < 1.29 is 27.4 Å². The highest BCUT2D eigenvalue weighted by Gasteiger charge is 2.27. The van der Waals surface area contributed by atoms with Crippen LogP contribution < -0.4 is 14.8 Å². The Kier molecular flexibility index (Phi) is 6.41. The number of sulfonamides is 1. The molecule has 3 rings (SSSR count). The largest absolute Gasteiger partial charge is 0.493 e. The molecule has 1 N–H and O–H groups in total. The monoisotopic (exact) mass is 420 g/mol. The van der Waals surface area contributed by atoms with Crippen LogP contribution in [0.3, 0.4) is 0 Å². The molecule has 1 fully saturated rings. The molecule has 1 aliphatic heterocycles. The minimum Gasteiger partial charge on any atom is -0.493 e. The zero-order valence-corrected chi connectivity index (χ0v) is 17.4. The molecular formula is C20H24N2O6S. The van der Waals surface area contributed by atoms with Crippen molar-refractivity contribution in [2.45, 2.75) is 11.8 Å². The smallest absolute Gasteiger partial charge is 0.255 e. The summed E-state index contributed by atoms with van der Waals surface area (Å²) in [7, 11) is -0.655. The molecule has 156 valence electrons. The summed E-state index contributed by atoms with van der Waals surface area (Å²) in [5.41, 5.74) is 1.46. The van der Waals surface area contributed by atoms with E-state index in [1.165, 1.54) is 30.7 Å². The molecule has 1 aliphatic rings. The first-order valence-corrected chi connectivity index (χ1v) is 10.5. The van der Waals surface area contributed by atoms with Crippen LogP contribution in [0.4, 0.5) is 5.69 Å². The fraction of sp³-hybridized carbons (Fsp3) is 0.350. The number of nitrogens with one attached hydrogen (secondary N) is 1. The lowest BCUT2D eigenvalue weighted by molar-refractivity contribution is 0.0730. The van der Waals surface area contributed by atoms with E-state index >= 15 is 0 Å². The van der Waals surface area contributed by atoms with Crippen LogP contribution in [0.5, 0.6) is 11.5 Å². The summed E-state index contributed by atoms with van der Waals surface area (Å²) in [6.07, 6.45) is 0. The molecule has 0 radical (unpaired) electrons. The summed E-state index contributed by atoms with van der Waals surface area (Å²) in [5.74, 6) is 0.611. The van der Waals surface area contributed by atoms with Crippen LogP contribution in [0.1, 0.15) is 15.9 Å². The number of carbonyl (C=O) groups is 1. The molecule has 29 heavy (non-hydrogen) atoms. The van der Waals surface area contributed by atoms with E-state index < -0.39 is 15.9 Å². The Labute approximate surface area is 170 Å². The summed E-state index contributed by atoms with van der Waals surface area (Å²) in [6, 6.07) is 9.57. The lowest BCUT2D eigenvalue weighted by atomic mass is 10.1. The second kappa shape index (κ2) is 8.81. The number of methoxy groups -OCH3 is 2. The third kappa shape index (κ3) is 4.52. The Morgan fingerprint density at radius 1 is 1.03 bits per heavy atom. The number of ether oxygens (including phenoxy) is 3. The van der Waals surface area contributed by atoms with Gasteiger partial charge in [0, 0.05) is 30.4 Å². The summed E-state index contributed by atoms with van der Waals surface area (Å²) >= 11 is 0. The fourth-order valence-corrected chi connectivity index (χ4v) is 4.49. The Balaban J connectivity index is 1.87. The summed E-state index contributed by atoms with van der Waals surface area (Å²) < 4.78 is 42.8. The molecule has 0 bridgehead atoms. The first kappa shape index (κ1) is 21.1. The summed E-state index contributed by atoms with van der Waals surface area (Å²) in [6.45, 7) is 3.07. The highest BCUT2D eigenvalue weighted by atomic mass is 32.2. The molecule has 0 atom stereocenters. The average Bonchev–Trinajstić information content (AvgIpc) is 2.74. The molecule has 0 spiro atoms. The van der Waals surface area contributed by atoms with Gasteiger partial charge in [0.05, 0.1) is 32.3 Å². The molecule has 1 amide bonds. The van der Waals surface area contributed by atoms with E-state index in [1.54, 1.807) is 31.2 Å². The molecule has 8 nitrogen and oxygen atoms in total. The van der Waals surface area contributed by atoms with Gasteiger partial charge in [-0.2, -0.15) is 4.31 Å². The van der Waals surface area contributed by atoms with Gasteiger partial charge in [-0.15, -0.1) is 0 Å². The highest BCUT2D eigenvalue weighted by Crippen LogP contribution is 2.30. The predicted octanol–water partition coefficient (Wildman–Crippen LogP) is 2.29. The number of benzene rings is 2. The Morgan fingerprint density at radius 2 is 1.72 bits per heavy atom. The molecule has 2 aromatic rings. The molecule has 9 heteroatoms. The van der Waals surface area contributed by atoms with Gasteiger partial charge in [-0.05, 0) is 36.8 Å². The van der Waals surface area contributed by atoms with E-state index in [4.69, 9.17) is 14.2 Å². The van der Waals surface area contributed by atoms with Crippen molar-refractivity contribution in [3.05, 3.63) is 47.5 Å². The summed E-state index contributed by atoms with van der Waals surface area (Å²) in [4.78, 5) is 12.9. The molecule has 1 saturated heterocycles. The van der Waals surface area contributed by atoms with Crippen molar-refractivity contribution in [2.24, 2.45) is 0 Å². The van der Waals surface area contributed by atoms with Gasteiger partial charge < -0.3 is 19.5 Å². The number of aryl methyl sites for hydroxylation is 1. The standard InChI is InChI=1S/C20H24N2O6S/c1-14-4-6-16(29(24,25)22-8-10-28-11-9-22)13-17(14)20(23)21-15-5-7-18(26-2)19(12-15)27-3/h4-7,12-13H,8-11H2,1-3H3,(H,21,23). The molecule has 1 heterocycles. The van der Waals surface area contributed by atoms with E-state index in [2.05, 4.69) is 5.32 Å². The van der Waals surface area contributed by atoms with Crippen molar-refractivity contribution in [1.82, 2.24) is 4.31 Å². The average molecular weight is 420 g/mol. The Hall–Kier alpha value is -2.62. The van der Waals surface area contributed by atoms with Gasteiger partial charge in [-0.25, -0.2) is 8.42 Å². The van der Waals surface area contributed by atoms with Crippen LogP contribution in [0.2, 0.25) is 0 Å². The first-order valence-electron chi connectivity index (χ1n) is 9.08. The van der Waals surface area contributed by atoms with E-state index in [0.29, 0.717) is 49.1 Å².